The highest BCUT2D eigenvalue weighted by atomic mass is 16.5. The van der Waals surface area contributed by atoms with Crippen LogP contribution >= 0.6 is 0 Å². The van der Waals surface area contributed by atoms with Crippen LogP contribution in [0, 0.1) is 0 Å². The number of aldehydes is 1. The Balaban J connectivity index is 1.35. The Bertz CT molecular complexity index is 1130. The number of benzene rings is 2. The number of aromatic nitrogens is 2. The minimum atomic E-state index is -0.706. The number of carbonyl (C=O) groups is 1. The van der Waals surface area contributed by atoms with Crippen molar-refractivity contribution in [3.63, 3.8) is 0 Å². The Morgan fingerprint density at radius 2 is 1.80 bits per heavy atom. The van der Waals surface area contributed by atoms with Gasteiger partial charge in [0.25, 0.3) is 0 Å². The van der Waals surface area contributed by atoms with E-state index in [0.717, 1.165) is 24.9 Å². The third-order valence-corrected chi connectivity index (χ3v) is 7.18. The van der Waals surface area contributed by atoms with Crippen LogP contribution in [0.4, 0.5) is 17.5 Å². The first-order chi connectivity index (χ1) is 17.1. The standard InChI is InChI=1S/C28H33N5O2/c1-21(22-11-13-24(14-12-22)32-17-7-4-8-18-32)30-27-29-16-15-25(31-27)33-26(19-34)35-20-28(33,2)23-9-5-3-6-10-23/h3,5-6,9-16,19,21,26H,4,7-8,17-18,20H2,1-2H3,(H,29,30,31)/t21?,26?,28-/m1/s1. The summed E-state index contributed by atoms with van der Waals surface area (Å²) in [6, 6.07) is 20.7. The topological polar surface area (TPSA) is 70.6 Å². The number of ether oxygens (including phenoxy) is 1. The molecule has 182 valence electrons. The first-order valence-corrected chi connectivity index (χ1v) is 12.4. The summed E-state index contributed by atoms with van der Waals surface area (Å²) in [4.78, 5) is 25.5. The highest BCUT2D eigenvalue weighted by Crippen LogP contribution is 2.39. The minimum Gasteiger partial charge on any atom is -0.372 e. The van der Waals surface area contributed by atoms with Gasteiger partial charge < -0.3 is 19.9 Å². The van der Waals surface area contributed by atoms with Crippen LogP contribution in [0.1, 0.15) is 50.3 Å². The molecule has 0 amide bonds. The van der Waals surface area contributed by atoms with E-state index in [4.69, 9.17) is 9.72 Å². The molecule has 2 saturated heterocycles. The van der Waals surface area contributed by atoms with Gasteiger partial charge in [0.2, 0.25) is 5.95 Å². The Morgan fingerprint density at radius 1 is 1.06 bits per heavy atom. The molecule has 0 spiro atoms. The molecule has 3 atom stereocenters. The second kappa shape index (κ2) is 10.0. The lowest BCUT2D eigenvalue weighted by molar-refractivity contribution is -0.115. The summed E-state index contributed by atoms with van der Waals surface area (Å²) in [6.07, 6.45) is 5.71. The third kappa shape index (κ3) is 4.73. The zero-order valence-electron chi connectivity index (χ0n) is 20.4. The molecule has 0 saturated carbocycles. The number of rotatable bonds is 7. The van der Waals surface area contributed by atoms with Crippen molar-refractivity contribution in [1.29, 1.82) is 0 Å². The molecule has 1 aromatic heterocycles. The second-order valence-corrected chi connectivity index (χ2v) is 9.59. The molecule has 2 aliphatic rings. The SMILES string of the molecule is CC(Nc1nccc(N2C(C=O)OC[C@]2(C)c2ccccc2)n1)c1ccc(N2CCCCC2)cc1. The van der Waals surface area contributed by atoms with E-state index in [0.29, 0.717) is 18.4 Å². The van der Waals surface area contributed by atoms with Crippen molar-refractivity contribution < 1.29 is 9.53 Å². The van der Waals surface area contributed by atoms with E-state index in [1.165, 1.54) is 30.5 Å². The molecule has 2 unspecified atom stereocenters. The van der Waals surface area contributed by atoms with E-state index in [-0.39, 0.29) is 6.04 Å². The predicted octanol–water partition coefficient (Wildman–Crippen LogP) is 4.92. The molecule has 0 aliphatic carbocycles. The fraction of sp³-hybridized carbons (Fsp3) is 0.393. The molecule has 35 heavy (non-hydrogen) atoms. The van der Waals surface area contributed by atoms with Crippen LogP contribution in [0.5, 0.6) is 0 Å². The maximum atomic E-state index is 11.9. The number of nitrogens with zero attached hydrogens (tertiary/aromatic N) is 4. The Morgan fingerprint density at radius 3 is 2.51 bits per heavy atom. The zero-order chi connectivity index (χ0) is 24.3. The highest BCUT2D eigenvalue weighted by molar-refractivity contribution is 5.66. The van der Waals surface area contributed by atoms with Crippen LogP contribution in [-0.4, -0.2) is 42.2 Å². The second-order valence-electron chi connectivity index (χ2n) is 9.59. The van der Waals surface area contributed by atoms with E-state index in [1.807, 2.05) is 29.2 Å². The molecule has 0 radical (unpaired) electrons. The molecule has 0 bridgehead atoms. The lowest BCUT2D eigenvalue weighted by Gasteiger charge is -2.36. The average molecular weight is 472 g/mol. The lowest BCUT2D eigenvalue weighted by atomic mass is 9.91. The molecule has 2 fully saturated rings. The summed E-state index contributed by atoms with van der Waals surface area (Å²) in [7, 11) is 0. The van der Waals surface area contributed by atoms with Gasteiger partial charge in [-0.1, -0.05) is 42.5 Å². The van der Waals surface area contributed by atoms with E-state index >= 15 is 0 Å². The van der Waals surface area contributed by atoms with Crippen molar-refractivity contribution in [1.82, 2.24) is 9.97 Å². The fourth-order valence-corrected chi connectivity index (χ4v) is 5.13. The summed E-state index contributed by atoms with van der Waals surface area (Å²) in [5.74, 6) is 1.16. The van der Waals surface area contributed by atoms with Gasteiger partial charge in [-0.05, 0) is 62.4 Å². The van der Waals surface area contributed by atoms with E-state index in [1.54, 1.807) is 6.20 Å². The van der Waals surface area contributed by atoms with Crippen molar-refractivity contribution in [2.45, 2.75) is 50.9 Å². The monoisotopic (exact) mass is 471 g/mol. The molecular formula is C28H33N5O2. The Labute approximate surface area is 207 Å². The summed E-state index contributed by atoms with van der Waals surface area (Å²) in [5.41, 5.74) is 3.01. The van der Waals surface area contributed by atoms with Gasteiger partial charge in [-0.2, -0.15) is 4.98 Å². The van der Waals surface area contributed by atoms with Crippen molar-refractivity contribution in [2.75, 3.05) is 34.8 Å². The maximum Gasteiger partial charge on any atom is 0.225 e. The minimum absolute atomic E-state index is 0.0258. The van der Waals surface area contributed by atoms with Crippen LogP contribution in [0.25, 0.3) is 0 Å². The van der Waals surface area contributed by atoms with Crippen molar-refractivity contribution in [3.8, 4) is 0 Å². The van der Waals surface area contributed by atoms with Crippen molar-refractivity contribution in [2.24, 2.45) is 0 Å². The maximum absolute atomic E-state index is 11.9. The number of hydrogen-bond acceptors (Lipinski definition) is 7. The molecule has 2 aliphatic heterocycles. The molecule has 7 nitrogen and oxygen atoms in total. The smallest absolute Gasteiger partial charge is 0.225 e. The van der Waals surface area contributed by atoms with Gasteiger partial charge in [-0.15, -0.1) is 0 Å². The van der Waals surface area contributed by atoms with Crippen LogP contribution in [0.3, 0.4) is 0 Å². The van der Waals surface area contributed by atoms with Crippen LogP contribution in [-0.2, 0) is 15.1 Å². The van der Waals surface area contributed by atoms with Gasteiger partial charge in [0.1, 0.15) is 5.82 Å². The number of nitrogens with one attached hydrogen (secondary N) is 1. The molecular weight excluding hydrogens is 438 g/mol. The molecule has 5 rings (SSSR count). The van der Waals surface area contributed by atoms with Crippen LogP contribution < -0.4 is 15.1 Å². The number of piperidine rings is 1. The quantitative estimate of drug-likeness (QED) is 0.491. The van der Waals surface area contributed by atoms with Gasteiger partial charge in [0.05, 0.1) is 18.2 Å². The third-order valence-electron chi connectivity index (χ3n) is 7.18. The molecule has 3 aromatic rings. The van der Waals surface area contributed by atoms with Gasteiger partial charge in [-0.25, -0.2) is 4.98 Å². The molecule has 3 heterocycles. The molecule has 2 aromatic carbocycles. The number of anilines is 3. The van der Waals surface area contributed by atoms with Gasteiger partial charge >= 0.3 is 0 Å². The molecule has 7 heteroatoms. The fourth-order valence-electron chi connectivity index (χ4n) is 5.13. The zero-order valence-corrected chi connectivity index (χ0v) is 20.4. The van der Waals surface area contributed by atoms with Gasteiger partial charge in [-0.3, -0.25) is 4.79 Å². The van der Waals surface area contributed by atoms with Gasteiger partial charge in [0, 0.05) is 25.0 Å². The van der Waals surface area contributed by atoms with Crippen molar-refractivity contribution in [3.05, 3.63) is 78.0 Å². The summed E-state index contributed by atoms with van der Waals surface area (Å²) >= 11 is 0. The van der Waals surface area contributed by atoms with E-state index in [9.17, 15) is 4.79 Å². The lowest BCUT2D eigenvalue weighted by Crippen LogP contribution is -2.45. The summed E-state index contributed by atoms with van der Waals surface area (Å²) < 4.78 is 5.86. The summed E-state index contributed by atoms with van der Waals surface area (Å²) in [5, 5.41) is 3.43. The number of hydrogen-bond donors (Lipinski definition) is 1. The first kappa shape index (κ1) is 23.3. The first-order valence-electron chi connectivity index (χ1n) is 12.4. The molecule has 1 N–H and O–H groups in total. The largest absolute Gasteiger partial charge is 0.372 e. The van der Waals surface area contributed by atoms with Gasteiger partial charge in [0.15, 0.2) is 12.5 Å². The Kier molecular flexibility index (Phi) is 6.68. The van der Waals surface area contributed by atoms with E-state index in [2.05, 4.69) is 65.4 Å². The predicted molar refractivity (Wildman–Crippen MR) is 139 cm³/mol. The number of carbonyl (C=O) groups excluding carboxylic acids is 1. The average Bonchev–Trinajstić information content (AvgIpc) is 3.27. The van der Waals surface area contributed by atoms with Crippen molar-refractivity contribution >= 4 is 23.7 Å². The van der Waals surface area contributed by atoms with E-state index < -0.39 is 11.8 Å². The van der Waals surface area contributed by atoms with Crippen LogP contribution in [0.2, 0.25) is 0 Å². The normalized spacial score (nSPS) is 23.2. The summed E-state index contributed by atoms with van der Waals surface area (Å²) in [6.45, 7) is 6.85. The Hall–Kier alpha value is -3.45. The van der Waals surface area contributed by atoms with Crippen LogP contribution in [0.15, 0.2) is 66.9 Å². The highest BCUT2D eigenvalue weighted by Gasteiger charge is 2.46.